The van der Waals surface area contributed by atoms with Crippen molar-refractivity contribution in [1.29, 1.82) is 0 Å². The number of hydrogen-bond donors (Lipinski definition) is 0. The summed E-state index contributed by atoms with van der Waals surface area (Å²) in [5.74, 6) is -0.314. The molecule has 0 spiro atoms. The van der Waals surface area contributed by atoms with Crippen LogP contribution in [0.25, 0.3) is 10.6 Å². The van der Waals surface area contributed by atoms with Gasteiger partial charge in [0.25, 0.3) is 0 Å². The maximum Gasteiger partial charge on any atom is 0.169 e. The maximum absolute atomic E-state index is 13.0. The molecule has 2 nitrogen and oxygen atoms in total. The number of rotatable bonds is 2. The number of carbonyl (C=O) groups excluding carboxylic acids is 1. The third kappa shape index (κ3) is 2.13. The first-order valence-corrected chi connectivity index (χ1v) is 5.74. The van der Waals surface area contributed by atoms with E-state index in [1.807, 2.05) is 0 Å². The Morgan fingerprint density at radius 3 is 2.87 bits per heavy atom. The summed E-state index contributed by atoms with van der Waals surface area (Å²) in [4.78, 5) is 14.5. The van der Waals surface area contributed by atoms with Crippen molar-refractivity contribution < 1.29 is 9.18 Å². The molecule has 0 radical (unpaired) electrons. The minimum atomic E-state index is -0.314. The number of hydrogen-bond acceptors (Lipinski definition) is 3. The molecule has 0 aliphatic carbocycles. The Balaban J connectivity index is 2.44. The van der Waals surface area contributed by atoms with Gasteiger partial charge in [0.05, 0.1) is 4.47 Å². The first kappa shape index (κ1) is 10.4. The van der Waals surface area contributed by atoms with Gasteiger partial charge in [-0.2, -0.15) is 0 Å². The summed E-state index contributed by atoms with van der Waals surface area (Å²) in [6, 6.07) is 4.64. The molecule has 0 amide bonds. The van der Waals surface area contributed by atoms with Gasteiger partial charge >= 0.3 is 0 Å². The summed E-state index contributed by atoms with van der Waals surface area (Å²) in [5.41, 5.74) is 1.19. The largest absolute Gasteiger partial charge is 0.296 e. The van der Waals surface area contributed by atoms with Crippen molar-refractivity contribution >= 4 is 33.6 Å². The van der Waals surface area contributed by atoms with Crippen molar-refractivity contribution in [2.45, 2.75) is 0 Å². The fraction of sp³-hybridized carbons (Fsp3) is 0. The lowest BCUT2D eigenvalue weighted by Crippen LogP contribution is -1.82. The van der Waals surface area contributed by atoms with Crippen molar-refractivity contribution in [2.75, 3.05) is 0 Å². The highest BCUT2D eigenvalue weighted by atomic mass is 79.9. The second-order valence-corrected chi connectivity index (χ2v) is 4.54. The molecule has 0 atom stereocenters. The van der Waals surface area contributed by atoms with E-state index < -0.39 is 0 Å². The molecule has 0 saturated heterocycles. The van der Waals surface area contributed by atoms with E-state index in [4.69, 9.17) is 0 Å². The van der Waals surface area contributed by atoms with Gasteiger partial charge in [0.1, 0.15) is 16.5 Å². The molecule has 1 heterocycles. The van der Waals surface area contributed by atoms with E-state index in [9.17, 15) is 9.18 Å². The van der Waals surface area contributed by atoms with Gasteiger partial charge in [0.2, 0.25) is 0 Å². The van der Waals surface area contributed by atoms with Gasteiger partial charge in [0, 0.05) is 10.9 Å². The lowest BCUT2D eigenvalue weighted by atomic mass is 10.2. The average Bonchev–Trinajstić information content (AvgIpc) is 2.70. The normalized spacial score (nSPS) is 10.3. The van der Waals surface area contributed by atoms with Crippen LogP contribution < -0.4 is 0 Å². The van der Waals surface area contributed by atoms with Crippen LogP contribution in [-0.4, -0.2) is 11.3 Å². The Hall–Kier alpha value is -1.07. The quantitative estimate of drug-likeness (QED) is 0.790. The van der Waals surface area contributed by atoms with E-state index in [1.165, 1.54) is 17.4 Å². The monoisotopic (exact) mass is 285 g/mol. The van der Waals surface area contributed by atoms with Gasteiger partial charge in [-0.25, -0.2) is 9.37 Å². The van der Waals surface area contributed by atoms with Gasteiger partial charge in [-0.05, 0) is 34.1 Å². The molecule has 0 fully saturated rings. The summed E-state index contributed by atoms with van der Waals surface area (Å²) in [6.45, 7) is 0. The zero-order valence-corrected chi connectivity index (χ0v) is 9.81. The summed E-state index contributed by atoms with van der Waals surface area (Å²) in [6.07, 6.45) is 0.693. The van der Waals surface area contributed by atoms with Crippen LogP contribution in [0.15, 0.2) is 28.1 Å². The summed E-state index contributed by atoms with van der Waals surface area (Å²) >= 11 is 4.46. The Kier molecular flexibility index (Phi) is 2.93. The Morgan fingerprint density at radius 2 is 2.27 bits per heavy atom. The molecule has 0 aliphatic rings. The van der Waals surface area contributed by atoms with Crippen LogP contribution in [0, 0.1) is 5.82 Å². The average molecular weight is 286 g/mol. The van der Waals surface area contributed by atoms with Crippen LogP contribution in [0.4, 0.5) is 4.39 Å². The topological polar surface area (TPSA) is 30.0 Å². The highest BCUT2D eigenvalue weighted by Crippen LogP contribution is 2.27. The number of halogens is 2. The summed E-state index contributed by atoms with van der Waals surface area (Å²) < 4.78 is 13.4. The van der Waals surface area contributed by atoms with Crippen LogP contribution in [0.3, 0.4) is 0 Å². The van der Waals surface area contributed by atoms with Gasteiger partial charge in [-0.15, -0.1) is 11.3 Å². The van der Waals surface area contributed by atoms with E-state index in [0.29, 0.717) is 21.5 Å². The summed E-state index contributed by atoms with van der Waals surface area (Å²) in [5, 5.41) is 2.37. The standard InChI is InChI=1S/C10H5BrFNOS/c11-8-3-6(1-2-9(8)12)10-13-7(4-14)5-15-10/h1-5H. The van der Waals surface area contributed by atoms with Crippen molar-refractivity contribution in [1.82, 2.24) is 4.98 Å². The molecule has 76 valence electrons. The molecule has 0 unspecified atom stereocenters. The molecular formula is C10H5BrFNOS. The number of nitrogens with zero attached hydrogens (tertiary/aromatic N) is 1. The molecule has 0 aliphatic heterocycles. The number of aldehydes is 1. The number of aromatic nitrogens is 1. The zero-order valence-electron chi connectivity index (χ0n) is 7.41. The maximum atomic E-state index is 13.0. The SMILES string of the molecule is O=Cc1csc(-c2ccc(F)c(Br)c2)n1. The number of thiazole rings is 1. The van der Waals surface area contributed by atoms with Gasteiger partial charge < -0.3 is 0 Å². The molecule has 0 bridgehead atoms. The molecule has 5 heteroatoms. The van der Waals surface area contributed by atoms with Crippen molar-refractivity contribution in [2.24, 2.45) is 0 Å². The van der Waals surface area contributed by atoms with Crippen LogP contribution in [0.5, 0.6) is 0 Å². The van der Waals surface area contributed by atoms with Crippen LogP contribution in [-0.2, 0) is 0 Å². The minimum Gasteiger partial charge on any atom is -0.296 e. The predicted molar refractivity (Wildman–Crippen MR) is 60.6 cm³/mol. The molecule has 0 N–H and O–H groups in total. The second-order valence-electron chi connectivity index (χ2n) is 2.82. The van der Waals surface area contributed by atoms with E-state index in [0.717, 1.165) is 5.56 Å². The number of carbonyl (C=O) groups is 1. The third-order valence-corrected chi connectivity index (χ3v) is 3.33. The first-order valence-electron chi connectivity index (χ1n) is 4.07. The Bertz CT molecular complexity index is 512. The first-order chi connectivity index (χ1) is 7.20. The van der Waals surface area contributed by atoms with Crippen LogP contribution >= 0.6 is 27.3 Å². The lowest BCUT2D eigenvalue weighted by Gasteiger charge is -1.98. The van der Waals surface area contributed by atoms with Crippen LogP contribution in [0.2, 0.25) is 0 Å². The van der Waals surface area contributed by atoms with Crippen molar-refractivity contribution in [3.8, 4) is 10.6 Å². The van der Waals surface area contributed by atoms with E-state index in [-0.39, 0.29) is 5.82 Å². The smallest absolute Gasteiger partial charge is 0.169 e. The predicted octanol–water partition coefficient (Wildman–Crippen LogP) is 3.52. The summed E-state index contributed by atoms with van der Waals surface area (Å²) in [7, 11) is 0. The molecule has 0 saturated carbocycles. The molecular weight excluding hydrogens is 281 g/mol. The van der Waals surface area contributed by atoms with Gasteiger partial charge in [-0.1, -0.05) is 0 Å². The van der Waals surface area contributed by atoms with Crippen molar-refractivity contribution in [3.05, 3.63) is 39.6 Å². The minimum absolute atomic E-state index is 0.314. The molecule has 2 rings (SSSR count). The Morgan fingerprint density at radius 1 is 1.47 bits per heavy atom. The molecule has 1 aromatic heterocycles. The van der Waals surface area contributed by atoms with E-state index in [1.54, 1.807) is 17.5 Å². The van der Waals surface area contributed by atoms with Gasteiger partial charge in [0.15, 0.2) is 6.29 Å². The van der Waals surface area contributed by atoms with E-state index >= 15 is 0 Å². The second kappa shape index (κ2) is 4.20. The van der Waals surface area contributed by atoms with Crippen LogP contribution in [0.1, 0.15) is 10.5 Å². The fourth-order valence-electron chi connectivity index (χ4n) is 1.10. The van der Waals surface area contributed by atoms with Gasteiger partial charge in [-0.3, -0.25) is 4.79 Å². The highest BCUT2D eigenvalue weighted by Gasteiger charge is 2.06. The molecule has 2 aromatic rings. The third-order valence-electron chi connectivity index (χ3n) is 1.81. The lowest BCUT2D eigenvalue weighted by molar-refractivity contribution is 0.111. The molecule has 15 heavy (non-hydrogen) atoms. The zero-order chi connectivity index (χ0) is 10.8. The Labute approximate surface area is 97.9 Å². The molecule has 1 aromatic carbocycles. The number of benzene rings is 1. The fourth-order valence-corrected chi connectivity index (χ4v) is 2.24. The van der Waals surface area contributed by atoms with Crippen molar-refractivity contribution in [3.63, 3.8) is 0 Å². The highest BCUT2D eigenvalue weighted by molar-refractivity contribution is 9.10. The van der Waals surface area contributed by atoms with E-state index in [2.05, 4.69) is 20.9 Å².